The van der Waals surface area contributed by atoms with E-state index in [9.17, 15) is 14.4 Å². The van der Waals surface area contributed by atoms with Gasteiger partial charge in [-0.3, -0.25) is 19.0 Å². The fraction of sp³-hybridized carbons (Fsp3) is 0.235. The van der Waals surface area contributed by atoms with Gasteiger partial charge in [0.15, 0.2) is 5.69 Å². The molecule has 0 bridgehead atoms. The zero-order valence-electron chi connectivity index (χ0n) is 15.0. The van der Waals surface area contributed by atoms with Gasteiger partial charge < -0.3 is 20.2 Å². The van der Waals surface area contributed by atoms with Crippen LogP contribution >= 0.6 is 0 Å². The van der Waals surface area contributed by atoms with Gasteiger partial charge in [-0.2, -0.15) is 10.2 Å². The van der Waals surface area contributed by atoms with E-state index >= 15 is 0 Å². The summed E-state index contributed by atoms with van der Waals surface area (Å²) >= 11 is 0. The van der Waals surface area contributed by atoms with Crippen LogP contribution in [0.2, 0.25) is 0 Å². The first-order valence-electron chi connectivity index (χ1n) is 8.41. The fourth-order valence-electron chi connectivity index (χ4n) is 2.52. The number of anilines is 1. The molecule has 0 spiro atoms. The van der Waals surface area contributed by atoms with Gasteiger partial charge in [-0.25, -0.2) is 4.79 Å². The molecule has 3 heterocycles. The number of carbonyl (C=O) groups is 3. The highest BCUT2D eigenvalue weighted by Gasteiger charge is 2.20. The van der Waals surface area contributed by atoms with E-state index in [2.05, 4.69) is 20.8 Å². The average molecular weight is 386 g/mol. The van der Waals surface area contributed by atoms with Crippen molar-refractivity contribution in [1.82, 2.24) is 24.9 Å². The molecule has 0 saturated heterocycles. The Morgan fingerprint density at radius 2 is 2.11 bits per heavy atom. The lowest BCUT2D eigenvalue weighted by Gasteiger charge is -2.09. The number of nitrogens with zero attached hydrogens (tertiary/aromatic N) is 4. The lowest BCUT2D eigenvalue weighted by Crippen LogP contribution is -2.28. The van der Waals surface area contributed by atoms with Crippen LogP contribution in [0.15, 0.2) is 41.3 Å². The van der Waals surface area contributed by atoms with Crippen LogP contribution in [0.3, 0.4) is 0 Å². The van der Waals surface area contributed by atoms with Crippen molar-refractivity contribution in [3.63, 3.8) is 0 Å². The van der Waals surface area contributed by atoms with Crippen LogP contribution < -0.4 is 10.6 Å². The molecule has 3 rings (SSSR count). The van der Waals surface area contributed by atoms with Crippen molar-refractivity contribution in [2.75, 3.05) is 5.32 Å². The maximum Gasteiger partial charge on any atom is 0.356 e. The number of carbonyl (C=O) groups excluding carboxylic acids is 2. The first-order valence-corrected chi connectivity index (χ1v) is 8.41. The maximum atomic E-state index is 12.6. The zero-order chi connectivity index (χ0) is 20.1. The second-order valence-electron chi connectivity index (χ2n) is 5.74. The molecule has 0 atom stereocenters. The minimum absolute atomic E-state index is 0.162. The molecule has 0 aromatic carbocycles. The Balaban J connectivity index is 1.69. The number of rotatable bonds is 8. The van der Waals surface area contributed by atoms with Crippen molar-refractivity contribution in [3.8, 4) is 0 Å². The molecule has 0 aliphatic carbocycles. The molecule has 28 heavy (non-hydrogen) atoms. The van der Waals surface area contributed by atoms with E-state index in [1.54, 1.807) is 12.1 Å². The fourth-order valence-corrected chi connectivity index (χ4v) is 2.52. The van der Waals surface area contributed by atoms with Gasteiger partial charge >= 0.3 is 5.97 Å². The molecule has 0 radical (unpaired) electrons. The van der Waals surface area contributed by atoms with Crippen molar-refractivity contribution in [1.29, 1.82) is 0 Å². The second-order valence-corrected chi connectivity index (χ2v) is 5.74. The molecule has 0 aliphatic heterocycles. The molecule has 0 saturated carbocycles. The largest absolute Gasteiger partial charge is 0.476 e. The Bertz CT molecular complexity index is 988. The van der Waals surface area contributed by atoms with Gasteiger partial charge in [-0.15, -0.1) is 0 Å². The van der Waals surface area contributed by atoms with Crippen LogP contribution in [0, 0.1) is 0 Å². The Labute approximate surface area is 158 Å². The lowest BCUT2D eigenvalue weighted by atomic mass is 10.3. The highest BCUT2D eigenvalue weighted by atomic mass is 16.4. The first kappa shape index (κ1) is 18.9. The highest BCUT2D eigenvalue weighted by Crippen LogP contribution is 2.16. The number of carboxylic acid groups (broad SMARTS) is 1. The number of nitrogens with one attached hydrogen (secondary N) is 2. The Morgan fingerprint density at radius 3 is 2.75 bits per heavy atom. The average Bonchev–Trinajstić information content (AvgIpc) is 3.40. The van der Waals surface area contributed by atoms with Gasteiger partial charge in [0.1, 0.15) is 18.0 Å². The number of aryl methyl sites for hydroxylation is 1. The summed E-state index contributed by atoms with van der Waals surface area (Å²) in [7, 11) is 0. The van der Waals surface area contributed by atoms with Gasteiger partial charge in [0, 0.05) is 12.7 Å². The maximum absolute atomic E-state index is 12.6. The van der Waals surface area contributed by atoms with Crippen LogP contribution in [0.5, 0.6) is 0 Å². The monoisotopic (exact) mass is 386 g/mol. The van der Waals surface area contributed by atoms with E-state index in [4.69, 9.17) is 9.52 Å². The van der Waals surface area contributed by atoms with E-state index in [1.807, 2.05) is 6.92 Å². The third kappa shape index (κ3) is 4.26. The number of hydrogen-bond donors (Lipinski definition) is 3. The van der Waals surface area contributed by atoms with Crippen LogP contribution in [-0.2, 0) is 24.4 Å². The van der Waals surface area contributed by atoms with Gasteiger partial charge in [0.2, 0.25) is 5.91 Å². The van der Waals surface area contributed by atoms with E-state index in [0.717, 1.165) is 0 Å². The number of aromatic carboxylic acids is 1. The Hall–Kier alpha value is -3.89. The van der Waals surface area contributed by atoms with Crippen LogP contribution in [-0.4, -0.2) is 42.5 Å². The van der Waals surface area contributed by atoms with Crippen molar-refractivity contribution in [2.45, 2.75) is 26.6 Å². The molecule has 2 amide bonds. The lowest BCUT2D eigenvalue weighted by molar-refractivity contribution is -0.116. The minimum atomic E-state index is -1.18. The Morgan fingerprint density at radius 1 is 1.29 bits per heavy atom. The standard InChI is InChI=1S/C17H18N6O5/c1-2-23-15(16(25)18-8-11-4-3-7-28-11)13(9-19-23)20-14(24)10-22-6-5-12(21-22)17(26)27/h3-7,9H,2,8,10H2,1H3,(H,18,25)(H,20,24)(H,26,27). The van der Waals surface area contributed by atoms with E-state index in [1.165, 1.54) is 34.1 Å². The SMILES string of the molecule is CCn1ncc(NC(=O)Cn2ccc(C(=O)O)n2)c1C(=O)NCc1ccco1. The molecule has 11 heteroatoms. The predicted molar refractivity (Wildman–Crippen MR) is 95.6 cm³/mol. The molecule has 0 aliphatic rings. The topological polar surface area (TPSA) is 144 Å². The normalized spacial score (nSPS) is 10.6. The van der Waals surface area contributed by atoms with Crippen LogP contribution in [0.1, 0.15) is 33.7 Å². The number of aromatic nitrogens is 4. The van der Waals surface area contributed by atoms with Crippen LogP contribution in [0.25, 0.3) is 0 Å². The summed E-state index contributed by atoms with van der Waals surface area (Å²) < 4.78 is 7.84. The molecular weight excluding hydrogens is 368 g/mol. The molecule has 3 aromatic rings. The summed E-state index contributed by atoms with van der Waals surface area (Å²) in [5.41, 5.74) is 0.285. The molecule has 11 nitrogen and oxygen atoms in total. The summed E-state index contributed by atoms with van der Waals surface area (Å²) in [6, 6.07) is 4.74. The summed E-state index contributed by atoms with van der Waals surface area (Å²) in [4.78, 5) is 35.7. The summed E-state index contributed by atoms with van der Waals surface area (Å²) in [5.74, 6) is -1.48. The highest BCUT2D eigenvalue weighted by molar-refractivity contribution is 6.02. The van der Waals surface area contributed by atoms with Gasteiger partial charge in [-0.1, -0.05) is 0 Å². The first-order chi connectivity index (χ1) is 13.5. The van der Waals surface area contributed by atoms with E-state index in [0.29, 0.717) is 12.3 Å². The molecule has 146 valence electrons. The molecule has 3 N–H and O–H groups in total. The number of hydrogen-bond acceptors (Lipinski definition) is 6. The van der Waals surface area contributed by atoms with Gasteiger partial charge in [0.25, 0.3) is 5.91 Å². The number of carboxylic acids is 1. The number of furan rings is 1. The Kier molecular flexibility index (Phi) is 5.53. The second kappa shape index (κ2) is 8.20. The van der Waals surface area contributed by atoms with Crippen molar-refractivity contribution in [2.24, 2.45) is 0 Å². The van der Waals surface area contributed by atoms with Crippen molar-refractivity contribution >= 4 is 23.5 Å². The molecule has 0 unspecified atom stereocenters. The summed E-state index contributed by atoms with van der Waals surface area (Å²) in [6.45, 7) is 2.23. The minimum Gasteiger partial charge on any atom is -0.476 e. The summed E-state index contributed by atoms with van der Waals surface area (Å²) in [6.07, 6.45) is 4.28. The molecule has 0 fully saturated rings. The van der Waals surface area contributed by atoms with Crippen molar-refractivity contribution < 1.29 is 23.9 Å². The molecule has 3 aromatic heterocycles. The quantitative estimate of drug-likeness (QED) is 0.523. The van der Waals surface area contributed by atoms with E-state index in [-0.39, 0.29) is 30.2 Å². The number of amides is 2. The van der Waals surface area contributed by atoms with Crippen LogP contribution in [0.4, 0.5) is 5.69 Å². The summed E-state index contributed by atoms with van der Waals surface area (Å²) in [5, 5.41) is 22.1. The van der Waals surface area contributed by atoms with Crippen molar-refractivity contribution in [3.05, 3.63) is 54.0 Å². The van der Waals surface area contributed by atoms with E-state index < -0.39 is 17.8 Å². The zero-order valence-corrected chi connectivity index (χ0v) is 15.0. The van der Waals surface area contributed by atoms with Gasteiger partial charge in [-0.05, 0) is 25.1 Å². The predicted octanol–water partition coefficient (Wildman–Crippen LogP) is 0.959. The third-order valence-electron chi connectivity index (χ3n) is 3.80. The molecular formula is C17H18N6O5. The smallest absolute Gasteiger partial charge is 0.356 e. The third-order valence-corrected chi connectivity index (χ3v) is 3.80. The van der Waals surface area contributed by atoms with Gasteiger partial charge in [0.05, 0.1) is 24.7 Å².